The molecule has 2 atom stereocenters. The second kappa shape index (κ2) is 6.88. The van der Waals surface area contributed by atoms with Crippen molar-refractivity contribution in [2.45, 2.75) is 19.8 Å². The van der Waals surface area contributed by atoms with Crippen LogP contribution in [-0.2, 0) is 4.79 Å². The number of amides is 2. The van der Waals surface area contributed by atoms with Gasteiger partial charge >= 0.3 is 0 Å². The summed E-state index contributed by atoms with van der Waals surface area (Å²) in [7, 11) is 0. The Kier molecular flexibility index (Phi) is 5.17. The predicted octanol–water partition coefficient (Wildman–Crippen LogP) is 2.34. The molecule has 0 saturated heterocycles. The second-order valence-corrected chi connectivity index (χ2v) is 6.14. The summed E-state index contributed by atoms with van der Waals surface area (Å²) in [5.74, 6) is 0.816. The maximum absolute atomic E-state index is 11.8. The summed E-state index contributed by atoms with van der Waals surface area (Å²) in [5.41, 5.74) is 0.643. The molecule has 0 spiro atoms. The van der Waals surface area contributed by atoms with Crippen LogP contribution in [0, 0.1) is 11.8 Å². The average Bonchev–Trinajstić information content (AvgIpc) is 3.16. The second-order valence-electron chi connectivity index (χ2n) is 5.23. The highest BCUT2D eigenvalue weighted by molar-refractivity contribution is 9.10. The molecule has 1 aliphatic carbocycles. The molecule has 1 fully saturated rings. The summed E-state index contributed by atoms with van der Waals surface area (Å²) in [4.78, 5) is 23.4. The van der Waals surface area contributed by atoms with Crippen LogP contribution in [0.5, 0.6) is 0 Å². The number of benzene rings is 1. The molecule has 1 aliphatic rings. The molecule has 5 heteroatoms. The van der Waals surface area contributed by atoms with Crippen molar-refractivity contribution in [3.63, 3.8) is 0 Å². The molecular formula is C15H19BrN2O2. The molecule has 0 radical (unpaired) electrons. The van der Waals surface area contributed by atoms with Crippen LogP contribution in [0.15, 0.2) is 28.7 Å². The highest BCUT2D eigenvalue weighted by atomic mass is 79.9. The SMILES string of the molecule is C[C@@H]1C[C@H]1C(=O)NCCCNC(=O)c1ccc(Br)cc1. The number of halogens is 1. The lowest BCUT2D eigenvalue weighted by atomic mass is 10.2. The van der Waals surface area contributed by atoms with Crippen molar-refractivity contribution in [1.29, 1.82) is 0 Å². The summed E-state index contributed by atoms with van der Waals surface area (Å²) in [6, 6.07) is 7.23. The first-order valence-corrected chi connectivity index (χ1v) is 7.68. The molecular weight excluding hydrogens is 320 g/mol. The molecule has 0 aliphatic heterocycles. The lowest BCUT2D eigenvalue weighted by Gasteiger charge is -2.06. The maximum atomic E-state index is 11.8. The smallest absolute Gasteiger partial charge is 0.251 e. The predicted molar refractivity (Wildman–Crippen MR) is 81.4 cm³/mol. The van der Waals surface area contributed by atoms with Crippen LogP contribution in [0.2, 0.25) is 0 Å². The van der Waals surface area contributed by atoms with E-state index in [1.807, 2.05) is 12.1 Å². The molecule has 0 unspecified atom stereocenters. The molecule has 2 rings (SSSR count). The Morgan fingerprint density at radius 2 is 1.80 bits per heavy atom. The third-order valence-corrected chi connectivity index (χ3v) is 4.02. The van der Waals surface area contributed by atoms with Gasteiger partial charge in [0, 0.05) is 29.0 Å². The van der Waals surface area contributed by atoms with Gasteiger partial charge in [0.05, 0.1) is 0 Å². The minimum Gasteiger partial charge on any atom is -0.356 e. The van der Waals surface area contributed by atoms with Crippen LogP contribution in [0.1, 0.15) is 30.1 Å². The van der Waals surface area contributed by atoms with Crippen molar-refractivity contribution in [2.75, 3.05) is 13.1 Å². The zero-order chi connectivity index (χ0) is 14.5. The van der Waals surface area contributed by atoms with E-state index in [-0.39, 0.29) is 17.7 Å². The van der Waals surface area contributed by atoms with Gasteiger partial charge in [-0.1, -0.05) is 22.9 Å². The highest BCUT2D eigenvalue weighted by Crippen LogP contribution is 2.37. The zero-order valence-corrected chi connectivity index (χ0v) is 13.1. The Balaban J connectivity index is 1.60. The van der Waals surface area contributed by atoms with Crippen molar-refractivity contribution in [2.24, 2.45) is 11.8 Å². The third-order valence-electron chi connectivity index (χ3n) is 3.49. The molecule has 108 valence electrons. The Morgan fingerprint density at radius 1 is 1.20 bits per heavy atom. The van der Waals surface area contributed by atoms with Crippen LogP contribution in [-0.4, -0.2) is 24.9 Å². The van der Waals surface area contributed by atoms with Gasteiger partial charge in [-0.05, 0) is 43.0 Å². The van der Waals surface area contributed by atoms with Crippen molar-refractivity contribution in [3.8, 4) is 0 Å². The Morgan fingerprint density at radius 3 is 2.40 bits per heavy atom. The van der Waals surface area contributed by atoms with Crippen molar-refractivity contribution in [3.05, 3.63) is 34.3 Å². The summed E-state index contributed by atoms with van der Waals surface area (Å²) < 4.78 is 0.950. The topological polar surface area (TPSA) is 58.2 Å². The van der Waals surface area contributed by atoms with E-state index in [9.17, 15) is 9.59 Å². The summed E-state index contributed by atoms with van der Waals surface area (Å²) in [6.45, 7) is 3.26. The molecule has 2 amide bonds. The van der Waals surface area contributed by atoms with Gasteiger partial charge in [0.15, 0.2) is 0 Å². The van der Waals surface area contributed by atoms with E-state index in [2.05, 4.69) is 33.5 Å². The van der Waals surface area contributed by atoms with Crippen LogP contribution in [0.4, 0.5) is 0 Å². The van der Waals surface area contributed by atoms with Gasteiger partial charge in [0.1, 0.15) is 0 Å². The minimum atomic E-state index is -0.0837. The fourth-order valence-electron chi connectivity index (χ4n) is 2.02. The molecule has 1 saturated carbocycles. The van der Waals surface area contributed by atoms with E-state index < -0.39 is 0 Å². The molecule has 2 N–H and O–H groups in total. The van der Waals surface area contributed by atoms with Crippen molar-refractivity contribution >= 4 is 27.7 Å². The fraction of sp³-hybridized carbons (Fsp3) is 0.467. The number of rotatable bonds is 6. The lowest BCUT2D eigenvalue weighted by Crippen LogP contribution is -2.30. The average molecular weight is 339 g/mol. The van der Waals surface area contributed by atoms with Gasteiger partial charge in [0.25, 0.3) is 5.91 Å². The van der Waals surface area contributed by atoms with E-state index in [0.29, 0.717) is 24.6 Å². The van der Waals surface area contributed by atoms with Gasteiger partial charge in [-0.2, -0.15) is 0 Å². The standard InChI is InChI=1S/C15H19BrN2O2/c1-10-9-13(10)15(20)18-8-2-7-17-14(19)11-3-5-12(16)6-4-11/h3-6,10,13H,2,7-9H2,1H3,(H,17,19)(H,18,20)/t10-,13-/m1/s1. The molecule has 4 nitrogen and oxygen atoms in total. The zero-order valence-electron chi connectivity index (χ0n) is 11.5. The minimum absolute atomic E-state index is 0.0837. The van der Waals surface area contributed by atoms with Gasteiger partial charge in [-0.15, -0.1) is 0 Å². The lowest BCUT2D eigenvalue weighted by molar-refractivity contribution is -0.122. The Labute approximate surface area is 127 Å². The van der Waals surface area contributed by atoms with Crippen LogP contribution >= 0.6 is 15.9 Å². The highest BCUT2D eigenvalue weighted by Gasteiger charge is 2.38. The van der Waals surface area contributed by atoms with E-state index in [1.165, 1.54) is 0 Å². The molecule has 0 heterocycles. The fourth-order valence-corrected chi connectivity index (χ4v) is 2.29. The van der Waals surface area contributed by atoms with Gasteiger partial charge in [0.2, 0.25) is 5.91 Å². The molecule has 0 bridgehead atoms. The van der Waals surface area contributed by atoms with Gasteiger partial charge < -0.3 is 10.6 Å². The number of hydrogen-bond donors (Lipinski definition) is 2. The Hall–Kier alpha value is -1.36. The summed E-state index contributed by atoms with van der Waals surface area (Å²) in [5, 5.41) is 5.74. The van der Waals surface area contributed by atoms with E-state index in [0.717, 1.165) is 17.3 Å². The quantitative estimate of drug-likeness (QED) is 0.782. The van der Waals surface area contributed by atoms with Crippen molar-refractivity contribution in [1.82, 2.24) is 10.6 Å². The summed E-state index contributed by atoms with van der Waals surface area (Å²) >= 11 is 3.33. The normalized spacial score (nSPS) is 20.3. The number of nitrogens with one attached hydrogen (secondary N) is 2. The number of hydrogen-bond acceptors (Lipinski definition) is 2. The molecule has 20 heavy (non-hydrogen) atoms. The first kappa shape index (κ1) is 15.0. The molecule has 0 aromatic heterocycles. The van der Waals surface area contributed by atoms with Crippen LogP contribution in [0.25, 0.3) is 0 Å². The van der Waals surface area contributed by atoms with Crippen LogP contribution < -0.4 is 10.6 Å². The van der Waals surface area contributed by atoms with E-state index in [1.54, 1.807) is 12.1 Å². The first-order valence-electron chi connectivity index (χ1n) is 6.89. The monoisotopic (exact) mass is 338 g/mol. The number of carbonyl (C=O) groups is 2. The Bertz CT molecular complexity index is 487. The van der Waals surface area contributed by atoms with Crippen molar-refractivity contribution < 1.29 is 9.59 Å². The van der Waals surface area contributed by atoms with Gasteiger partial charge in [-0.3, -0.25) is 9.59 Å². The molecule has 1 aromatic rings. The molecule has 1 aromatic carbocycles. The largest absolute Gasteiger partial charge is 0.356 e. The number of carbonyl (C=O) groups excluding carboxylic acids is 2. The van der Waals surface area contributed by atoms with Gasteiger partial charge in [-0.25, -0.2) is 0 Å². The summed E-state index contributed by atoms with van der Waals surface area (Å²) in [6.07, 6.45) is 1.75. The first-order chi connectivity index (χ1) is 9.58. The maximum Gasteiger partial charge on any atom is 0.251 e. The third kappa shape index (κ3) is 4.34. The van der Waals surface area contributed by atoms with Crippen LogP contribution in [0.3, 0.4) is 0 Å². The van der Waals surface area contributed by atoms with E-state index >= 15 is 0 Å². The van der Waals surface area contributed by atoms with E-state index in [4.69, 9.17) is 0 Å².